The van der Waals surface area contributed by atoms with Crippen LogP contribution in [0.15, 0.2) is 48.7 Å². The summed E-state index contributed by atoms with van der Waals surface area (Å²) >= 11 is 0. The number of nitrogens with one attached hydrogen (secondary N) is 1. The van der Waals surface area contributed by atoms with Gasteiger partial charge in [-0.2, -0.15) is 0 Å². The molecule has 3 aromatic rings. The molecule has 0 saturated carbocycles. The molecule has 25 heavy (non-hydrogen) atoms. The normalized spacial score (nSPS) is 17.0. The van der Waals surface area contributed by atoms with Gasteiger partial charge in [-0.25, -0.2) is 0 Å². The number of carbonyl (C=O) groups is 1. The Hall–Kier alpha value is -2.75. The average molecular weight is 334 g/mol. The second kappa shape index (κ2) is 6.28. The first-order chi connectivity index (χ1) is 12.2. The summed E-state index contributed by atoms with van der Waals surface area (Å²) in [6, 6.07) is 14.6. The van der Waals surface area contributed by atoms with Crippen molar-refractivity contribution in [3.8, 4) is 5.75 Å². The standard InChI is InChI=1S/C21H22N2O2/c1-14-12-23(13-15-3-6-17(25-2)7-4-15)20-11-16(5-8-18(14)20)19-9-10-22-21(19)24/h3-8,11-12,19H,9-10,13H2,1-2H3,(H,22,24). The van der Waals surface area contributed by atoms with Crippen LogP contribution >= 0.6 is 0 Å². The van der Waals surface area contributed by atoms with Gasteiger partial charge < -0.3 is 14.6 Å². The Morgan fingerprint density at radius 3 is 2.68 bits per heavy atom. The maximum atomic E-state index is 12.0. The molecule has 1 aromatic heterocycles. The molecule has 0 spiro atoms. The van der Waals surface area contributed by atoms with Gasteiger partial charge in [-0.1, -0.05) is 24.3 Å². The zero-order chi connectivity index (χ0) is 17.4. The number of carbonyl (C=O) groups excluding carboxylic acids is 1. The first-order valence-electron chi connectivity index (χ1n) is 8.66. The van der Waals surface area contributed by atoms with Crippen LogP contribution in [0.5, 0.6) is 5.75 Å². The minimum atomic E-state index is -0.0194. The summed E-state index contributed by atoms with van der Waals surface area (Å²) < 4.78 is 7.50. The van der Waals surface area contributed by atoms with Gasteiger partial charge in [-0.3, -0.25) is 4.79 Å². The van der Waals surface area contributed by atoms with E-state index in [0.717, 1.165) is 30.8 Å². The molecule has 4 nitrogen and oxygen atoms in total. The lowest BCUT2D eigenvalue weighted by Gasteiger charge is -2.10. The van der Waals surface area contributed by atoms with Crippen molar-refractivity contribution in [2.24, 2.45) is 0 Å². The molecule has 0 radical (unpaired) electrons. The van der Waals surface area contributed by atoms with Gasteiger partial charge in [0.25, 0.3) is 0 Å². The van der Waals surface area contributed by atoms with Crippen LogP contribution in [0.4, 0.5) is 0 Å². The molecule has 0 bridgehead atoms. The van der Waals surface area contributed by atoms with Crippen molar-refractivity contribution in [3.05, 3.63) is 65.4 Å². The number of methoxy groups -OCH3 is 1. The minimum Gasteiger partial charge on any atom is -0.497 e. The van der Waals surface area contributed by atoms with Gasteiger partial charge >= 0.3 is 0 Å². The molecule has 1 fully saturated rings. The third-order valence-electron chi connectivity index (χ3n) is 5.07. The van der Waals surface area contributed by atoms with Crippen molar-refractivity contribution in [2.45, 2.75) is 25.8 Å². The maximum absolute atomic E-state index is 12.0. The number of aromatic nitrogens is 1. The number of aryl methyl sites for hydroxylation is 1. The third kappa shape index (κ3) is 2.88. The molecule has 1 N–H and O–H groups in total. The molecule has 1 atom stereocenters. The summed E-state index contributed by atoms with van der Waals surface area (Å²) in [6.45, 7) is 3.71. The van der Waals surface area contributed by atoms with E-state index in [4.69, 9.17) is 4.74 Å². The van der Waals surface area contributed by atoms with Crippen LogP contribution < -0.4 is 10.1 Å². The highest BCUT2D eigenvalue weighted by Crippen LogP contribution is 2.29. The molecule has 0 aliphatic carbocycles. The van der Waals surface area contributed by atoms with E-state index in [9.17, 15) is 4.79 Å². The highest BCUT2D eigenvalue weighted by Gasteiger charge is 2.26. The molecule has 4 heteroatoms. The van der Waals surface area contributed by atoms with Gasteiger partial charge in [0.05, 0.1) is 13.0 Å². The van der Waals surface area contributed by atoms with Crippen molar-refractivity contribution in [1.29, 1.82) is 0 Å². The maximum Gasteiger partial charge on any atom is 0.227 e. The van der Waals surface area contributed by atoms with Gasteiger partial charge in [0, 0.05) is 30.2 Å². The zero-order valence-electron chi connectivity index (χ0n) is 14.6. The summed E-state index contributed by atoms with van der Waals surface area (Å²) in [7, 11) is 1.68. The van der Waals surface area contributed by atoms with E-state index in [1.54, 1.807) is 7.11 Å². The molecule has 1 aliphatic heterocycles. The Kier molecular flexibility index (Phi) is 3.96. The Balaban J connectivity index is 1.71. The molecule has 128 valence electrons. The summed E-state index contributed by atoms with van der Waals surface area (Å²) in [6.07, 6.45) is 3.07. The second-order valence-corrected chi connectivity index (χ2v) is 6.70. The topological polar surface area (TPSA) is 43.3 Å². The molecule has 1 aliphatic rings. The van der Waals surface area contributed by atoms with E-state index in [1.807, 2.05) is 12.1 Å². The minimum absolute atomic E-state index is 0.0194. The van der Waals surface area contributed by atoms with Gasteiger partial charge in [0.15, 0.2) is 0 Å². The Labute approximate surface area is 147 Å². The highest BCUT2D eigenvalue weighted by molar-refractivity contribution is 5.89. The number of hydrogen-bond donors (Lipinski definition) is 1. The largest absolute Gasteiger partial charge is 0.497 e. The zero-order valence-corrected chi connectivity index (χ0v) is 14.6. The predicted molar refractivity (Wildman–Crippen MR) is 99.1 cm³/mol. The number of amides is 1. The summed E-state index contributed by atoms with van der Waals surface area (Å²) in [5.74, 6) is 0.991. The summed E-state index contributed by atoms with van der Waals surface area (Å²) in [5.41, 5.74) is 4.77. The van der Waals surface area contributed by atoms with E-state index >= 15 is 0 Å². The van der Waals surface area contributed by atoms with Crippen LogP contribution in [0.2, 0.25) is 0 Å². The van der Waals surface area contributed by atoms with Gasteiger partial charge in [0.2, 0.25) is 5.91 Å². The Bertz CT molecular complexity index is 925. The monoisotopic (exact) mass is 334 g/mol. The first kappa shape index (κ1) is 15.8. The van der Waals surface area contributed by atoms with Crippen molar-refractivity contribution >= 4 is 16.8 Å². The van der Waals surface area contributed by atoms with E-state index in [2.05, 4.69) is 53.3 Å². The third-order valence-corrected chi connectivity index (χ3v) is 5.07. The van der Waals surface area contributed by atoms with Gasteiger partial charge in [-0.15, -0.1) is 0 Å². The number of nitrogens with zero attached hydrogens (tertiary/aromatic N) is 1. The predicted octanol–water partition coefficient (Wildman–Crippen LogP) is 3.61. The van der Waals surface area contributed by atoms with Crippen LogP contribution in [-0.2, 0) is 11.3 Å². The van der Waals surface area contributed by atoms with Crippen LogP contribution in [-0.4, -0.2) is 24.1 Å². The Morgan fingerprint density at radius 1 is 1.20 bits per heavy atom. The van der Waals surface area contributed by atoms with Crippen LogP contribution in [0.25, 0.3) is 10.9 Å². The van der Waals surface area contributed by atoms with Crippen molar-refractivity contribution in [3.63, 3.8) is 0 Å². The number of ether oxygens (including phenoxy) is 1. The van der Waals surface area contributed by atoms with E-state index in [0.29, 0.717) is 0 Å². The van der Waals surface area contributed by atoms with Crippen molar-refractivity contribution in [1.82, 2.24) is 9.88 Å². The quantitative estimate of drug-likeness (QED) is 0.792. The fourth-order valence-corrected chi connectivity index (χ4v) is 3.68. The highest BCUT2D eigenvalue weighted by atomic mass is 16.5. The average Bonchev–Trinajstić information content (AvgIpc) is 3.19. The number of fused-ring (bicyclic) bond motifs is 1. The molecule has 1 amide bonds. The van der Waals surface area contributed by atoms with Crippen LogP contribution in [0, 0.1) is 6.92 Å². The second-order valence-electron chi connectivity index (χ2n) is 6.70. The molecule has 2 heterocycles. The molecule has 4 rings (SSSR count). The fourth-order valence-electron chi connectivity index (χ4n) is 3.68. The van der Waals surface area contributed by atoms with E-state index in [-0.39, 0.29) is 11.8 Å². The smallest absolute Gasteiger partial charge is 0.227 e. The van der Waals surface area contributed by atoms with E-state index in [1.165, 1.54) is 22.0 Å². The van der Waals surface area contributed by atoms with Crippen LogP contribution in [0.1, 0.15) is 29.0 Å². The summed E-state index contributed by atoms with van der Waals surface area (Å²) in [5, 5.41) is 4.17. The molecule has 2 aromatic carbocycles. The fraction of sp³-hybridized carbons (Fsp3) is 0.286. The molecule has 1 saturated heterocycles. The number of rotatable bonds is 4. The SMILES string of the molecule is COc1ccc(Cn2cc(C)c3ccc(C4CCNC4=O)cc32)cc1. The van der Waals surface area contributed by atoms with Gasteiger partial charge in [0.1, 0.15) is 5.75 Å². The lowest BCUT2D eigenvalue weighted by atomic mass is 9.96. The lowest BCUT2D eigenvalue weighted by Crippen LogP contribution is -2.17. The van der Waals surface area contributed by atoms with Gasteiger partial charge in [-0.05, 0) is 48.2 Å². The number of benzene rings is 2. The molecule has 1 unspecified atom stereocenters. The first-order valence-corrected chi connectivity index (χ1v) is 8.66. The van der Waals surface area contributed by atoms with Crippen LogP contribution in [0.3, 0.4) is 0 Å². The molecular formula is C21H22N2O2. The van der Waals surface area contributed by atoms with Crippen molar-refractivity contribution in [2.75, 3.05) is 13.7 Å². The van der Waals surface area contributed by atoms with Crippen molar-refractivity contribution < 1.29 is 9.53 Å². The molecular weight excluding hydrogens is 312 g/mol. The van der Waals surface area contributed by atoms with E-state index < -0.39 is 0 Å². The Morgan fingerprint density at radius 2 is 2.00 bits per heavy atom. The lowest BCUT2D eigenvalue weighted by molar-refractivity contribution is -0.120. The summed E-state index contributed by atoms with van der Waals surface area (Å²) in [4.78, 5) is 12.0. The number of hydrogen-bond acceptors (Lipinski definition) is 2.